The molecule has 4 rings (SSSR count). The van der Waals surface area contributed by atoms with E-state index in [0.29, 0.717) is 43.4 Å². The minimum atomic E-state index is -3.50. The van der Waals surface area contributed by atoms with Gasteiger partial charge in [0.05, 0.1) is 22.5 Å². The predicted octanol–water partition coefficient (Wildman–Crippen LogP) is 2.32. The SMILES string of the molecule is Cn1c(CN2CCN(S(=O)(=O)c3ccc(Cl)cc3)CC2)nc2cc(N)ccc21. The summed E-state index contributed by atoms with van der Waals surface area (Å²) in [6, 6.07) is 12.0. The third kappa shape index (κ3) is 3.60. The van der Waals surface area contributed by atoms with Gasteiger partial charge in [0.1, 0.15) is 5.82 Å². The molecule has 148 valence electrons. The van der Waals surface area contributed by atoms with Crippen LogP contribution in [0.2, 0.25) is 5.02 Å². The van der Waals surface area contributed by atoms with E-state index >= 15 is 0 Å². The van der Waals surface area contributed by atoms with Gasteiger partial charge in [0.2, 0.25) is 10.0 Å². The van der Waals surface area contributed by atoms with Crippen LogP contribution in [-0.4, -0.2) is 53.4 Å². The summed E-state index contributed by atoms with van der Waals surface area (Å²) in [5.41, 5.74) is 8.45. The molecule has 0 atom stereocenters. The standard InChI is InChI=1S/C19H22ClN5O2S/c1-23-18-7-4-15(21)12-17(18)22-19(23)13-24-8-10-25(11-9-24)28(26,27)16-5-2-14(20)3-6-16/h2-7,12H,8-11,13,21H2,1H3. The maximum atomic E-state index is 12.8. The maximum Gasteiger partial charge on any atom is 0.243 e. The molecule has 7 nitrogen and oxygen atoms in total. The Morgan fingerprint density at radius 2 is 1.75 bits per heavy atom. The Hall–Kier alpha value is -2.13. The zero-order valence-corrected chi connectivity index (χ0v) is 17.1. The highest BCUT2D eigenvalue weighted by Crippen LogP contribution is 2.22. The van der Waals surface area contributed by atoms with E-state index in [9.17, 15) is 8.42 Å². The molecule has 1 aliphatic rings. The minimum absolute atomic E-state index is 0.276. The highest BCUT2D eigenvalue weighted by molar-refractivity contribution is 7.89. The lowest BCUT2D eigenvalue weighted by molar-refractivity contribution is 0.177. The number of nitrogens with zero attached hydrogens (tertiary/aromatic N) is 4. The molecule has 1 aromatic heterocycles. The first-order chi connectivity index (χ1) is 13.3. The van der Waals surface area contributed by atoms with Crippen LogP contribution in [-0.2, 0) is 23.6 Å². The van der Waals surface area contributed by atoms with Gasteiger partial charge in [0.15, 0.2) is 0 Å². The van der Waals surface area contributed by atoms with Crippen molar-refractivity contribution in [1.29, 1.82) is 0 Å². The lowest BCUT2D eigenvalue weighted by Gasteiger charge is -2.33. The summed E-state index contributed by atoms with van der Waals surface area (Å²) in [4.78, 5) is 7.18. The Morgan fingerprint density at radius 3 is 2.43 bits per heavy atom. The molecule has 0 saturated carbocycles. The van der Waals surface area contributed by atoms with E-state index in [2.05, 4.69) is 14.5 Å². The summed E-state index contributed by atoms with van der Waals surface area (Å²) in [5, 5.41) is 0.521. The first-order valence-corrected chi connectivity index (χ1v) is 10.9. The van der Waals surface area contributed by atoms with Gasteiger partial charge in [0, 0.05) is 43.9 Å². The van der Waals surface area contributed by atoms with Crippen LogP contribution in [0.4, 0.5) is 5.69 Å². The van der Waals surface area contributed by atoms with Crippen molar-refractivity contribution in [1.82, 2.24) is 18.8 Å². The third-order valence-electron chi connectivity index (χ3n) is 5.15. The Kier molecular flexibility index (Phi) is 5.05. The average Bonchev–Trinajstić information content (AvgIpc) is 2.97. The van der Waals surface area contributed by atoms with Gasteiger partial charge in [-0.2, -0.15) is 4.31 Å². The minimum Gasteiger partial charge on any atom is -0.399 e. The van der Waals surface area contributed by atoms with E-state index in [1.807, 2.05) is 25.2 Å². The Balaban J connectivity index is 1.44. The largest absolute Gasteiger partial charge is 0.399 e. The van der Waals surface area contributed by atoms with Gasteiger partial charge in [-0.1, -0.05) is 11.6 Å². The second-order valence-electron chi connectivity index (χ2n) is 6.97. The summed E-state index contributed by atoms with van der Waals surface area (Å²) >= 11 is 5.86. The molecule has 1 aliphatic heterocycles. The number of piperazine rings is 1. The summed E-state index contributed by atoms with van der Waals surface area (Å²) < 4.78 is 29.2. The van der Waals surface area contributed by atoms with Crippen LogP contribution in [0.3, 0.4) is 0 Å². The number of halogens is 1. The Morgan fingerprint density at radius 1 is 1.07 bits per heavy atom. The molecule has 0 bridgehead atoms. The van der Waals surface area contributed by atoms with Crippen LogP contribution in [0.25, 0.3) is 11.0 Å². The molecular formula is C19H22ClN5O2S. The normalized spacial score (nSPS) is 16.6. The molecule has 2 N–H and O–H groups in total. The number of anilines is 1. The van der Waals surface area contributed by atoms with E-state index in [1.54, 1.807) is 24.3 Å². The van der Waals surface area contributed by atoms with Crippen LogP contribution in [0, 0.1) is 0 Å². The van der Waals surface area contributed by atoms with Gasteiger partial charge in [0.25, 0.3) is 0 Å². The average molecular weight is 420 g/mol. The molecular weight excluding hydrogens is 398 g/mol. The Bertz CT molecular complexity index is 1100. The molecule has 1 saturated heterocycles. The monoisotopic (exact) mass is 419 g/mol. The summed E-state index contributed by atoms with van der Waals surface area (Å²) in [5.74, 6) is 0.939. The van der Waals surface area contributed by atoms with Crippen LogP contribution in [0.1, 0.15) is 5.82 Å². The molecule has 0 amide bonds. The molecule has 0 radical (unpaired) electrons. The molecule has 2 aromatic carbocycles. The summed E-state index contributed by atoms with van der Waals surface area (Å²) in [7, 11) is -1.51. The molecule has 2 heterocycles. The molecule has 1 fully saturated rings. The number of aryl methyl sites for hydroxylation is 1. The predicted molar refractivity (Wildman–Crippen MR) is 111 cm³/mol. The number of aromatic nitrogens is 2. The molecule has 9 heteroatoms. The number of benzene rings is 2. The fourth-order valence-electron chi connectivity index (χ4n) is 3.49. The van der Waals surface area contributed by atoms with Crippen LogP contribution in [0.15, 0.2) is 47.4 Å². The second kappa shape index (κ2) is 7.36. The van der Waals surface area contributed by atoms with Gasteiger partial charge >= 0.3 is 0 Å². The number of hydrogen-bond acceptors (Lipinski definition) is 5. The summed E-state index contributed by atoms with van der Waals surface area (Å²) in [6.45, 7) is 2.86. The third-order valence-corrected chi connectivity index (χ3v) is 7.31. The first kappa shape index (κ1) is 19.2. The van der Waals surface area contributed by atoms with Crippen molar-refractivity contribution < 1.29 is 8.42 Å². The highest BCUT2D eigenvalue weighted by Gasteiger charge is 2.28. The maximum absolute atomic E-state index is 12.8. The number of sulfonamides is 1. The molecule has 28 heavy (non-hydrogen) atoms. The van der Waals surface area contributed by atoms with Crippen molar-refractivity contribution >= 4 is 38.3 Å². The van der Waals surface area contributed by atoms with Gasteiger partial charge in [-0.3, -0.25) is 4.90 Å². The quantitative estimate of drug-likeness (QED) is 0.656. The van der Waals surface area contributed by atoms with Gasteiger partial charge in [-0.25, -0.2) is 13.4 Å². The molecule has 0 unspecified atom stereocenters. The topological polar surface area (TPSA) is 84.5 Å². The van der Waals surface area contributed by atoms with Crippen molar-refractivity contribution in [3.8, 4) is 0 Å². The number of fused-ring (bicyclic) bond motifs is 1. The zero-order chi connectivity index (χ0) is 19.9. The van der Waals surface area contributed by atoms with Gasteiger partial charge in [-0.15, -0.1) is 0 Å². The zero-order valence-electron chi connectivity index (χ0n) is 15.5. The van der Waals surface area contributed by atoms with Crippen molar-refractivity contribution in [3.63, 3.8) is 0 Å². The van der Waals surface area contributed by atoms with E-state index in [4.69, 9.17) is 17.3 Å². The molecule has 3 aromatic rings. The molecule has 0 spiro atoms. The summed E-state index contributed by atoms with van der Waals surface area (Å²) in [6.07, 6.45) is 0. The van der Waals surface area contributed by atoms with E-state index in [1.165, 1.54) is 4.31 Å². The van der Waals surface area contributed by atoms with E-state index in [0.717, 1.165) is 16.9 Å². The van der Waals surface area contributed by atoms with Crippen molar-refractivity contribution in [2.45, 2.75) is 11.4 Å². The first-order valence-electron chi connectivity index (χ1n) is 9.03. The van der Waals surface area contributed by atoms with Crippen molar-refractivity contribution in [2.24, 2.45) is 7.05 Å². The number of nitrogens with two attached hydrogens (primary N) is 1. The lowest BCUT2D eigenvalue weighted by Crippen LogP contribution is -2.48. The fraction of sp³-hybridized carbons (Fsp3) is 0.316. The van der Waals surface area contributed by atoms with E-state index < -0.39 is 10.0 Å². The smallest absolute Gasteiger partial charge is 0.243 e. The number of rotatable bonds is 4. The fourth-order valence-corrected chi connectivity index (χ4v) is 5.04. The lowest BCUT2D eigenvalue weighted by atomic mass is 10.3. The number of nitrogen functional groups attached to an aromatic ring is 1. The van der Waals surface area contributed by atoms with Crippen molar-refractivity contribution in [3.05, 3.63) is 53.3 Å². The Labute approximate surface area is 169 Å². The highest BCUT2D eigenvalue weighted by atomic mass is 35.5. The van der Waals surface area contributed by atoms with Crippen LogP contribution < -0.4 is 5.73 Å². The van der Waals surface area contributed by atoms with Crippen molar-refractivity contribution in [2.75, 3.05) is 31.9 Å². The second-order valence-corrected chi connectivity index (χ2v) is 9.34. The molecule has 0 aliphatic carbocycles. The van der Waals surface area contributed by atoms with Crippen LogP contribution >= 0.6 is 11.6 Å². The number of hydrogen-bond donors (Lipinski definition) is 1. The van der Waals surface area contributed by atoms with Gasteiger partial charge < -0.3 is 10.3 Å². The van der Waals surface area contributed by atoms with Gasteiger partial charge in [-0.05, 0) is 42.5 Å². The van der Waals surface area contributed by atoms with E-state index in [-0.39, 0.29) is 4.90 Å². The number of imidazole rings is 1. The van der Waals surface area contributed by atoms with Crippen LogP contribution in [0.5, 0.6) is 0 Å².